The summed E-state index contributed by atoms with van der Waals surface area (Å²) < 4.78 is 13.5. The molecule has 14 heavy (non-hydrogen) atoms. The topological polar surface area (TPSA) is 26.0 Å². The Hall–Kier alpha value is -0.890. The van der Waals surface area contributed by atoms with Crippen molar-refractivity contribution >= 4 is 0 Å². The molecule has 1 rings (SSSR count). The van der Waals surface area contributed by atoms with Gasteiger partial charge in [0, 0.05) is 0 Å². The molecule has 0 saturated carbocycles. The highest BCUT2D eigenvalue weighted by atomic mass is 19.1. The van der Waals surface area contributed by atoms with Crippen LogP contribution in [0.1, 0.15) is 31.4 Å². The molecule has 0 unspecified atom stereocenters. The molecule has 2 N–H and O–H groups in total. The standard InChI is InChI=1S/C12H18FN/c1-9-4-5-11(13)10(8-9)12(2,3)6-7-14/h4-5,8H,6-7,14H2,1-3H3. The first-order valence-corrected chi connectivity index (χ1v) is 4.94. The van der Waals surface area contributed by atoms with Crippen LogP contribution < -0.4 is 5.73 Å². The Kier molecular flexibility index (Phi) is 3.27. The van der Waals surface area contributed by atoms with Gasteiger partial charge in [0.05, 0.1) is 0 Å². The molecule has 0 fully saturated rings. The molecule has 1 aromatic rings. The van der Waals surface area contributed by atoms with Crippen LogP contribution >= 0.6 is 0 Å². The van der Waals surface area contributed by atoms with Gasteiger partial charge in [-0.05, 0) is 36.9 Å². The van der Waals surface area contributed by atoms with Crippen molar-refractivity contribution in [2.75, 3.05) is 6.54 Å². The minimum Gasteiger partial charge on any atom is -0.330 e. The highest BCUT2D eigenvalue weighted by Crippen LogP contribution is 2.29. The van der Waals surface area contributed by atoms with E-state index in [-0.39, 0.29) is 11.2 Å². The summed E-state index contributed by atoms with van der Waals surface area (Å²) >= 11 is 0. The molecule has 0 aliphatic heterocycles. The summed E-state index contributed by atoms with van der Waals surface area (Å²) in [6.45, 7) is 6.61. The van der Waals surface area contributed by atoms with Crippen molar-refractivity contribution in [3.05, 3.63) is 35.1 Å². The lowest BCUT2D eigenvalue weighted by Crippen LogP contribution is -2.23. The normalized spacial score (nSPS) is 11.8. The predicted octanol–water partition coefficient (Wildman–Crippen LogP) is 2.76. The van der Waals surface area contributed by atoms with Crippen molar-refractivity contribution in [2.45, 2.75) is 32.6 Å². The largest absolute Gasteiger partial charge is 0.330 e. The van der Waals surface area contributed by atoms with Crippen molar-refractivity contribution in [1.29, 1.82) is 0 Å². The second-order valence-corrected chi connectivity index (χ2v) is 4.41. The molecule has 0 radical (unpaired) electrons. The number of hydrogen-bond acceptors (Lipinski definition) is 1. The SMILES string of the molecule is Cc1ccc(F)c(C(C)(C)CCN)c1. The van der Waals surface area contributed by atoms with Crippen molar-refractivity contribution in [1.82, 2.24) is 0 Å². The van der Waals surface area contributed by atoms with Gasteiger partial charge >= 0.3 is 0 Å². The zero-order valence-corrected chi connectivity index (χ0v) is 9.10. The van der Waals surface area contributed by atoms with Gasteiger partial charge in [0.2, 0.25) is 0 Å². The highest BCUT2D eigenvalue weighted by Gasteiger charge is 2.23. The third kappa shape index (κ3) is 2.32. The average molecular weight is 195 g/mol. The monoisotopic (exact) mass is 195 g/mol. The molecule has 0 aliphatic rings. The van der Waals surface area contributed by atoms with E-state index in [4.69, 9.17) is 5.73 Å². The minimum absolute atomic E-state index is 0.131. The van der Waals surface area contributed by atoms with E-state index in [0.717, 1.165) is 17.5 Å². The van der Waals surface area contributed by atoms with E-state index in [1.807, 2.05) is 26.8 Å². The van der Waals surface area contributed by atoms with E-state index in [1.165, 1.54) is 6.07 Å². The lowest BCUT2D eigenvalue weighted by Gasteiger charge is -2.25. The van der Waals surface area contributed by atoms with Gasteiger partial charge in [-0.3, -0.25) is 0 Å². The fourth-order valence-electron chi connectivity index (χ4n) is 1.65. The van der Waals surface area contributed by atoms with Crippen molar-refractivity contribution in [3.8, 4) is 0 Å². The average Bonchev–Trinajstić information content (AvgIpc) is 2.09. The van der Waals surface area contributed by atoms with Gasteiger partial charge in [-0.2, -0.15) is 0 Å². The molecule has 0 saturated heterocycles. The van der Waals surface area contributed by atoms with Crippen molar-refractivity contribution in [2.24, 2.45) is 5.73 Å². The van der Waals surface area contributed by atoms with Crippen LogP contribution in [-0.4, -0.2) is 6.54 Å². The summed E-state index contributed by atoms with van der Waals surface area (Å²) in [6.07, 6.45) is 0.799. The quantitative estimate of drug-likeness (QED) is 0.788. The molecular formula is C12H18FN. The lowest BCUT2D eigenvalue weighted by atomic mass is 9.81. The molecule has 0 amide bonds. The summed E-state index contributed by atoms with van der Waals surface area (Å²) in [5.41, 5.74) is 7.20. The lowest BCUT2D eigenvalue weighted by molar-refractivity contribution is 0.455. The van der Waals surface area contributed by atoms with Gasteiger partial charge < -0.3 is 5.73 Å². The molecular weight excluding hydrogens is 177 g/mol. The predicted molar refractivity (Wildman–Crippen MR) is 57.8 cm³/mol. The third-order valence-electron chi connectivity index (χ3n) is 2.62. The van der Waals surface area contributed by atoms with Crippen LogP contribution in [0.5, 0.6) is 0 Å². The summed E-state index contributed by atoms with van der Waals surface area (Å²) in [5, 5.41) is 0. The van der Waals surface area contributed by atoms with Crippen LogP contribution in [0.2, 0.25) is 0 Å². The van der Waals surface area contributed by atoms with E-state index in [0.29, 0.717) is 6.54 Å². The Bertz CT molecular complexity index is 318. The molecule has 0 spiro atoms. The van der Waals surface area contributed by atoms with Gasteiger partial charge in [0.15, 0.2) is 0 Å². The molecule has 0 heterocycles. The molecule has 2 heteroatoms. The fourth-order valence-corrected chi connectivity index (χ4v) is 1.65. The van der Waals surface area contributed by atoms with Crippen molar-refractivity contribution < 1.29 is 4.39 Å². The first-order chi connectivity index (χ1) is 6.47. The minimum atomic E-state index is -0.176. The molecule has 0 bridgehead atoms. The Morgan fingerprint density at radius 3 is 2.57 bits per heavy atom. The third-order valence-corrected chi connectivity index (χ3v) is 2.62. The number of nitrogens with two attached hydrogens (primary N) is 1. The van der Waals surface area contributed by atoms with Crippen LogP contribution in [0.3, 0.4) is 0 Å². The maximum absolute atomic E-state index is 13.5. The summed E-state index contributed by atoms with van der Waals surface area (Å²) in [5.74, 6) is -0.131. The zero-order chi connectivity index (χ0) is 10.8. The highest BCUT2D eigenvalue weighted by molar-refractivity contribution is 5.30. The van der Waals surface area contributed by atoms with Gasteiger partial charge in [-0.1, -0.05) is 31.5 Å². The maximum Gasteiger partial charge on any atom is 0.126 e. The van der Waals surface area contributed by atoms with Crippen LogP contribution in [-0.2, 0) is 5.41 Å². The van der Waals surface area contributed by atoms with Gasteiger partial charge in [-0.25, -0.2) is 4.39 Å². The number of rotatable bonds is 3. The van der Waals surface area contributed by atoms with Gasteiger partial charge in [-0.15, -0.1) is 0 Å². The van der Waals surface area contributed by atoms with Gasteiger partial charge in [0.25, 0.3) is 0 Å². The Morgan fingerprint density at radius 1 is 1.36 bits per heavy atom. The summed E-state index contributed by atoms with van der Waals surface area (Å²) in [4.78, 5) is 0. The second kappa shape index (κ2) is 4.09. The molecule has 1 nitrogen and oxygen atoms in total. The summed E-state index contributed by atoms with van der Waals surface area (Å²) in [7, 11) is 0. The van der Waals surface area contributed by atoms with E-state index < -0.39 is 0 Å². The number of aryl methyl sites for hydroxylation is 1. The Balaban J connectivity index is 3.10. The summed E-state index contributed by atoms with van der Waals surface area (Å²) in [6, 6.07) is 5.23. The maximum atomic E-state index is 13.5. The van der Waals surface area contributed by atoms with Crippen molar-refractivity contribution in [3.63, 3.8) is 0 Å². The van der Waals surface area contributed by atoms with Crippen LogP contribution in [0.4, 0.5) is 4.39 Å². The smallest absolute Gasteiger partial charge is 0.126 e. The molecule has 0 aromatic heterocycles. The molecule has 1 aromatic carbocycles. The number of hydrogen-bond donors (Lipinski definition) is 1. The molecule has 78 valence electrons. The van der Waals surface area contributed by atoms with Gasteiger partial charge in [0.1, 0.15) is 5.82 Å². The van der Waals surface area contributed by atoms with E-state index in [2.05, 4.69) is 0 Å². The van der Waals surface area contributed by atoms with E-state index in [1.54, 1.807) is 6.07 Å². The first kappa shape index (κ1) is 11.2. The van der Waals surface area contributed by atoms with E-state index >= 15 is 0 Å². The van der Waals surface area contributed by atoms with E-state index in [9.17, 15) is 4.39 Å². The zero-order valence-electron chi connectivity index (χ0n) is 9.10. The fraction of sp³-hybridized carbons (Fsp3) is 0.500. The first-order valence-electron chi connectivity index (χ1n) is 4.94. The van der Waals surface area contributed by atoms with Crippen LogP contribution in [0.25, 0.3) is 0 Å². The molecule has 0 aliphatic carbocycles. The Labute approximate surface area is 85.1 Å². The van der Waals surface area contributed by atoms with Crippen LogP contribution in [0.15, 0.2) is 18.2 Å². The number of halogens is 1. The second-order valence-electron chi connectivity index (χ2n) is 4.41. The molecule has 0 atom stereocenters. The Morgan fingerprint density at radius 2 is 2.00 bits per heavy atom. The van der Waals surface area contributed by atoms with Crippen LogP contribution in [0, 0.1) is 12.7 Å². The number of benzene rings is 1.